The molecule has 1 aromatic heterocycles. The molecule has 0 amide bonds. The van der Waals surface area contributed by atoms with Crippen LogP contribution in [0.4, 0.5) is 10.2 Å². The number of anilines is 1. The van der Waals surface area contributed by atoms with Gasteiger partial charge in [0.05, 0.1) is 0 Å². The van der Waals surface area contributed by atoms with E-state index < -0.39 is 5.67 Å². The van der Waals surface area contributed by atoms with Gasteiger partial charge in [-0.3, -0.25) is 0 Å². The lowest BCUT2D eigenvalue weighted by Gasteiger charge is -2.34. The Kier molecular flexibility index (Phi) is 3.44. The molecular formula is C15H22FN3. The van der Waals surface area contributed by atoms with Crippen LogP contribution in [0.3, 0.4) is 0 Å². The molecule has 3 heterocycles. The molecule has 0 saturated carbocycles. The lowest BCUT2D eigenvalue weighted by Crippen LogP contribution is -2.38. The van der Waals surface area contributed by atoms with Gasteiger partial charge in [0.1, 0.15) is 11.5 Å². The van der Waals surface area contributed by atoms with Crippen LogP contribution in [0.15, 0.2) is 18.3 Å². The van der Waals surface area contributed by atoms with Crippen molar-refractivity contribution in [3.63, 3.8) is 0 Å². The van der Waals surface area contributed by atoms with Gasteiger partial charge in [0.25, 0.3) is 0 Å². The predicted octanol–water partition coefficient (Wildman–Crippen LogP) is 2.57. The maximum Gasteiger partial charge on any atom is 0.139 e. The van der Waals surface area contributed by atoms with Crippen LogP contribution in [0.2, 0.25) is 0 Å². The van der Waals surface area contributed by atoms with Crippen molar-refractivity contribution >= 4 is 5.82 Å². The topological polar surface area (TPSA) is 19.4 Å². The Morgan fingerprint density at radius 1 is 1.11 bits per heavy atom. The number of hydrogen-bond acceptors (Lipinski definition) is 3. The van der Waals surface area contributed by atoms with Gasteiger partial charge < -0.3 is 9.80 Å². The predicted molar refractivity (Wildman–Crippen MR) is 75.2 cm³/mol. The third kappa shape index (κ3) is 2.59. The Balaban J connectivity index is 1.74. The van der Waals surface area contributed by atoms with Crippen LogP contribution in [-0.2, 0) is 5.67 Å². The van der Waals surface area contributed by atoms with E-state index in [0.29, 0.717) is 12.8 Å². The van der Waals surface area contributed by atoms with Gasteiger partial charge >= 0.3 is 0 Å². The van der Waals surface area contributed by atoms with Crippen molar-refractivity contribution in [2.45, 2.75) is 31.4 Å². The first-order valence-corrected chi connectivity index (χ1v) is 7.26. The third-order valence-electron chi connectivity index (χ3n) is 4.47. The Labute approximate surface area is 114 Å². The molecule has 0 spiro atoms. The van der Waals surface area contributed by atoms with Crippen molar-refractivity contribution in [3.8, 4) is 0 Å². The Morgan fingerprint density at radius 2 is 1.79 bits per heavy atom. The number of halogens is 1. The van der Waals surface area contributed by atoms with Crippen LogP contribution < -0.4 is 4.90 Å². The molecule has 0 radical (unpaired) electrons. The zero-order chi connectivity index (χ0) is 13.3. The summed E-state index contributed by atoms with van der Waals surface area (Å²) < 4.78 is 14.9. The molecule has 4 heteroatoms. The molecule has 0 atom stereocenters. The van der Waals surface area contributed by atoms with Gasteiger partial charge in [0.15, 0.2) is 0 Å². The summed E-state index contributed by atoms with van der Waals surface area (Å²) in [6.45, 7) is 3.81. The third-order valence-corrected chi connectivity index (χ3v) is 4.47. The van der Waals surface area contributed by atoms with E-state index in [4.69, 9.17) is 0 Å². The molecule has 0 bridgehead atoms. The molecule has 2 fully saturated rings. The molecule has 3 rings (SSSR count). The van der Waals surface area contributed by atoms with Crippen molar-refractivity contribution in [2.75, 3.05) is 38.1 Å². The Hall–Kier alpha value is -1.16. The number of piperidine rings is 1. The molecule has 0 aliphatic carbocycles. The highest BCUT2D eigenvalue weighted by Gasteiger charge is 2.35. The number of likely N-dealkylation sites (tertiary alicyclic amines) is 1. The standard InChI is InChI=1S/C15H22FN3/c1-18-10-6-15(16,7-11-18)13-4-5-14(17-12-13)19-8-2-3-9-19/h4-5,12H,2-3,6-11H2,1H3. The average molecular weight is 263 g/mol. The molecule has 2 saturated heterocycles. The molecule has 2 aliphatic heterocycles. The fourth-order valence-electron chi connectivity index (χ4n) is 3.05. The first kappa shape index (κ1) is 12.9. The van der Waals surface area contributed by atoms with Crippen LogP contribution >= 0.6 is 0 Å². The lowest BCUT2D eigenvalue weighted by atomic mass is 9.87. The molecule has 104 valence electrons. The highest BCUT2D eigenvalue weighted by Crippen LogP contribution is 2.36. The van der Waals surface area contributed by atoms with E-state index in [1.165, 1.54) is 12.8 Å². The number of alkyl halides is 1. The van der Waals surface area contributed by atoms with E-state index in [2.05, 4.69) is 14.8 Å². The lowest BCUT2D eigenvalue weighted by molar-refractivity contribution is 0.0671. The smallest absolute Gasteiger partial charge is 0.139 e. The van der Waals surface area contributed by atoms with Crippen molar-refractivity contribution in [1.29, 1.82) is 0 Å². The van der Waals surface area contributed by atoms with Crippen LogP contribution in [0.5, 0.6) is 0 Å². The van der Waals surface area contributed by atoms with E-state index in [-0.39, 0.29) is 0 Å². The summed E-state index contributed by atoms with van der Waals surface area (Å²) in [6.07, 6.45) is 5.38. The van der Waals surface area contributed by atoms with E-state index in [9.17, 15) is 4.39 Å². The Bertz CT molecular complexity index is 418. The first-order chi connectivity index (χ1) is 9.17. The maximum absolute atomic E-state index is 14.9. The highest BCUT2D eigenvalue weighted by atomic mass is 19.1. The van der Waals surface area contributed by atoms with Gasteiger partial charge in [-0.2, -0.15) is 0 Å². The molecule has 1 aromatic rings. The highest BCUT2D eigenvalue weighted by molar-refractivity contribution is 5.41. The van der Waals surface area contributed by atoms with Gasteiger partial charge in [-0.25, -0.2) is 9.37 Å². The summed E-state index contributed by atoms with van der Waals surface area (Å²) in [6, 6.07) is 3.92. The quantitative estimate of drug-likeness (QED) is 0.817. The summed E-state index contributed by atoms with van der Waals surface area (Å²) in [5, 5.41) is 0. The van der Waals surface area contributed by atoms with Gasteiger partial charge in [-0.05, 0) is 38.8 Å². The summed E-state index contributed by atoms with van der Waals surface area (Å²) in [4.78, 5) is 8.94. The van der Waals surface area contributed by atoms with Crippen LogP contribution in [0.1, 0.15) is 31.2 Å². The second-order valence-corrected chi connectivity index (χ2v) is 5.87. The summed E-state index contributed by atoms with van der Waals surface area (Å²) in [5.41, 5.74) is -0.424. The van der Waals surface area contributed by atoms with Crippen LogP contribution in [0, 0.1) is 0 Å². The largest absolute Gasteiger partial charge is 0.357 e. The van der Waals surface area contributed by atoms with E-state index in [0.717, 1.165) is 37.6 Å². The molecule has 3 nitrogen and oxygen atoms in total. The SMILES string of the molecule is CN1CCC(F)(c2ccc(N3CCCC3)nc2)CC1. The van der Waals surface area contributed by atoms with E-state index >= 15 is 0 Å². The molecule has 19 heavy (non-hydrogen) atoms. The van der Waals surface area contributed by atoms with Gasteiger partial charge in [-0.15, -0.1) is 0 Å². The van der Waals surface area contributed by atoms with E-state index in [1.807, 2.05) is 19.2 Å². The number of pyridine rings is 1. The van der Waals surface area contributed by atoms with Gasteiger partial charge in [0, 0.05) is 37.9 Å². The fraction of sp³-hybridized carbons (Fsp3) is 0.667. The van der Waals surface area contributed by atoms with Crippen molar-refractivity contribution in [3.05, 3.63) is 23.9 Å². The van der Waals surface area contributed by atoms with Crippen molar-refractivity contribution in [1.82, 2.24) is 9.88 Å². The zero-order valence-corrected chi connectivity index (χ0v) is 11.6. The monoisotopic (exact) mass is 263 g/mol. The van der Waals surface area contributed by atoms with Crippen molar-refractivity contribution in [2.24, 2.45) is 0 Å². The molecule has 0 aromatic carbocycles. The second kappa shape index (κ2) is 5.08. The number of aromatic nitrogens is 1. The zero-order valence-electron chi connectivity index (χ0n) is 11.6. The molecule has 0 N–H and O–H groups in total. The normalized spacial score (nSPS) is 23.8. The van der Waals surface area contributed by atoms with Crippen LogP contribution in [-0.4, -0.2) is 43.1 Å². The Morgan fingerprint density at radius 3 is 2.37 bits per heavy atom. The van der Waals surface area contributed by atoms with Crippen LogP contribution in [0.25, 0.3) is 0 Å². The van der Waals surface area contributed by atoms with E-state index in [1.54, 1.807) is 6.20 Å². The molecular weight excluding hydrogens is 241 g/mol. The molecule has 2 aliphatic rings. The number of rotatable bonds is 2. The maximum atomic E-state index is 14.9. The number of nitrogens with zero attached hydrogens (tertiary/aromatic N) is 3. The fourth-order valence-corrected chi connectivity index (χ4v) is 3.05. The van der Waals surface area contributed by atoms with Gasteiger partial charge in [-0.1, -0.05) is 6.07 Å². The number of hydrogen-bond donors (Lipinski definition) is 0. The second-order valence-electron chi connectivity index (χ2n) is 5.87. The summed E-state index contributed by atoms with van der Waals surface area (Å²) >= 11 is 0. The average Bonchev–Trinajstić information content (AvgIpc) is 2.97. The van der Waals surface area contributed by atoms with Crippen molar-refractivity contribution < 1.29 is 4.39 Å². The molecule has 0 unspecified atom stereocenters. The minimum Gasteiger partial charge on any atom is -0.357 e. The summed E-state index contributed by atoms with van der Waals surface area (Å²) in [7, 11) is 2.05. The minimum absolute atomic E-state index is 0.578. The van der Waals surface area contributed by atoms with Gasteiger partial charge in [0.2, 0.25) is 0 Å². The first-order valence-electron chi connectivity index (χ1n) is 7.26. The summed E-state index contributed by atoms with van der Waals surface area (Å²) in [5.74, 6) is 0.998. The minimum atomic E-state index is -1.18.